The highest BCUT2D eigenvalue weighted by molar-refractivity contribution is 5.77. The van der Waals surface area contributed by atoms with Crippen LogP contribution in [-0.4, -0.2) is 46.7 Å². The Hall–Kier alpha value is -2.03. The van der Waals surface area contributed by atoms with Gasteiger partial charge >= 0.3 is 12.5 Å². The molecule has 27 heavy (non-hydrogen) atoms. The summed E-state index contributed by atoms with van der Waals surface area (Å²) in [5.74, 6) is -0.386. The van der Waals surface area contributed by atoms with Gasteiger partial charge in [0.1, 0.15) is 23.2 Å². The molecule has 2 aliphatic heterocycles. The van der Waals surface area contributed by atoms with Gasteiger partial charge < -0.3 is 19.5 Å². The maximum Gasteiger partial charge on any atom is 0.461 e. The second-order valence-electron chi connectivity index (χ2n) is 7.30. The summed E-state index contributed by atoms with van der Waals surface area (Å²) < 4.78 is 61.3. The predicted molar refractivity (Wildman–Crippen MR) is 87.0 cm³/mol. The highest BCUT2D eigenvalue weighted by Crippen LogP contribution is 2.45. The average molecular weight is 391 g/mol. The molecule has 0 spiro atoms. The van der Waals surface area contributed by atoms with Crippen LogP contribution in [0.15, 0.2) is 18.2 Å². The van der Waals surface area contributed by atoms with Gasteiger partial charge in [-0.2, -0.15) is 17.6 Å². The van der Waals surface area contributed by atoms with Gasteiger partial charge in [0.15, 0.2) is 0 Å². The molecule has 1 amide bonds. The van der Waals surface area contributed by atoms with Crippen LogP contribution in [0.2, 0.25) is 0 Å². The number of piperidine rings is 1. The normalized spacial score (nSPS) is 25.2. The van der Waals surface area contributed by atoms with E-state index >= 15 is 0 Å². The maximum absolute atomic E-state index is 13.3. The van der Waals surface area contributed by atoms with Crippen LogP contribution in [0.5, 0.6) is 11.5 Å². The van der Waals surface area contributed by atoms with E-state index in [1.807, 2.05) is 0 Å². The largest absolute Gasteiger partial charge is 0.485 e. The fourth-order valence-corrected chi connectivity index (χ4v) is 3.47. The molecule has 2 heterocycles. The smallest absolute Gasteiger partial charge is 0.461 e. The molecule has 9 heteroatoms. The topological polar surface area (TPSA) is 59.0 Å². The van der Waals surface area contributed by atoms with Crippen LogP contribution >= 0.6 is 0 Å². The SMILES string of the molecule is CC1(C)Oc2ccc(OC(F)(F)C(F)F)cc2C(N2CCCCC2=O)C1O. The summed E-state index contributed by atoms with van der Waals surface area (Å²) in [4.78, 5) is 13.9. The minimum absolute atomic E-state index is 0.168. The lowest BCUT2D eigenvalue weighted by molar-refractivity contribution is -0.253. The summed E-state index contributed by atoms with van der Waals surface area (Å²) in [5, 5.41) is 10.8. The molecule has 5 nitrogen and oxygen atoms in total. The number of alkyl halides is 4. The van der Waals surface area contributed by atoms with Crippen LogP contribution < -0.4 is 9.47 Å². The van der Waals surface area contributed by atoms with Crippen molar-refractivity contribution in [2.24, 2.45) is 0 Å². The Morgan fingerprint density at radius 2 is 2.04 bits per heavy atom. The molecule has 2 aliphatic rings. The zero-order chi connectivity index (χ0) is 20.0. The molecule has 1 aromatic rings. The van der Waals surface area contributed by atoms with Gasteiger partial charge in [0.2, 0.25) is 5.91 Å². The van der Waals surface area contributed by atoms with E-state index in [2.05, 4.69) is 4.74 Å². The van der Waals surface area contributed by atoms with E-state index in [9.17, 15) is 27.5 Å². The summed E-state index contributed by atoms with van der Waals surface area (Å²) in [5.41, 5.74) is -0.787. The molecule has 1 aromatic carbocycles. The molecule has 0 aromatic heterocycles. The Balaban J connectivity index is 2.02. The quantitative estimate of drug-likeness (QED) is 0.798. The van der Waals surface area contributed by atoms with Crippen molar-refractivity contribution in [3.8, 4) is 11.5 Å². The fraction of sp³-hybridized carbons (Fsp3) is 0.611. The fourth-order valence-electron chi connectivity index (χ4n) is 3.47. The van der Waals surface area contributed by atoms with Crippen LogP contribution in [0.1, 0.15) is 44.7 Å². The van der Waals surface area contributed by atoms with E-state index < -0.39 is 36.0 Å². The van der Waals surface area contributed by atoms with E-state index in [4.69, 9.17) is 4.74 Å². The molecule has 2 unspecified atom stereocenters. The predicted octanol–water partition coefficient (Wildman–Crippen LogP) is 3.51. The van der Waals surface area contributed by atoms with Crippen molar-refractivity contribution in [1.29, 1.82) is 0 Å². The van der Waals surface area contributed by atoms with Crippen LogP contribution in [0.3, 0.4) is 0 Å². The van der Waals surface area contributed by atoms with Gasteiger partial charge in [0.05, 0.1) is 6.04 Å². The molecule has 3 rings (SSSR count). The lowest BCUT2D eigenvalue weighted by atomic mass is 9.84. The number of nitrogens with zero attached hydrogens (tertiary/aromatic N) is 1. The number of likely N-dealkylation sites (tertiary alicyclic amines) is 1. The second kappa shape index (κ2) is 6.85. The zero-order valence-electron chi connectivity index (χ0n) is 14.9. The molecule has 1 fully saturated rings. The average Bonchev–Trinajstić information content (AvgIpc) is 2.57. The Kier molecular flexibility index (Phi) is 5.00. The molecular weight excluding hydrogens is 370 g/mol. The van der Waals surface area contributed by atoms with Crippen molar-refractivity contribution in [1.82, 2.24) is 4.90 Å². The first-order chi connectivity index (χ1) is 12.5. The first-order valence-electron chi connectivity index (χ1n) is 8.68. The van der Waals surface area contributed by atoms with Gasteiger partial charge in [0.25, 0.3) is 0 Å². The number of carbonyl (C=O) groups is 1. The van der Waals surface area contributed by atoms with Crippen LogP contribution in [-0.2, 0) is 4.79 Å². The number of rotatable bonds is 4. The lowest BCUT2D eigenvalue weighted by Gasteiger charge is -2.47. The Labute approximate surface area is 153 Å². The Morgan fingerprint density at radius 3 is 2.67 bits per heavy atom. The second-order valence-corrected chi connectivity index (χ2v) is 7.30. The molecule has 150 valence electrons. The van der Waals surface area contributed by atoms with Crippen molar-refractivity contribution in [3.05, 3.63) is 23.8 Å². The Bertz CT molecular complexity index is 725. The number of aliphatic hydroxyl groups excluding tert-OH is 1. The Morgan fingerprint density at radius 1 is 1.33 bits per heavy atom. The highest BCUT2D eigenvalue weighted by atomic mass is 19.3. The van der Waals surface area contributed by atoms with Crippen molar-refractivity contribution in [2.45, 2.75) is 63.4 Å². The van der Waals surface area contributed by atoms with Crippen LogP contribution in [0, 0.1) is 0 Å². The van der Waals surface area contributed by atoms with E-state index in [1.165, 1.54) is 11.0 Å². The third-order valence-corrected chi connectivity index (χ3v) is 4.89. The zero-order valence-corrected chi connectivity index (χ0v) is 14.9. The minimum Gasteiger partial charge on any atom is -0.485 e. The van der Waals surface area contributed by atoms with Crippen molar-refractivity contribution < 1.29 is 36.9 Å². The van der Waals surface area contributed by atoms with Gasteiger partial charge in [0, 0.05) is 18.5 Å². The van der Waals surface area contributed by atoms with Crippen molar-refractivity contribution in [2.75, 3.05) is 6.54 Å². The summed E-state index contributed by atoms with van der Waals surface area (Å²) >= 11 is 0. The third-order valence-electron chi connectivity index (χ3n) is 4.89. The minimum atomic E-state index is -4.65. The van der Waals surface area contributed by atoms with E-state index in [0.717, 1.165) is 25.0 Å². The van der Waals surface area contributed by atoms with Crippen LogP contribution in [0.25, 0.3) is 0 Å². The molecule has 0 aliphatic carbocycles. The molecule has 2 atom stereocenters. The number of aliphatic hydroxyl groups is 1. The number of amides is 1. The first kappa shape index (κ1) is 19.7. The number of benzene rings is 1. The molecule has 0 saturated carbocycles. The van der Waals surface area contributed by atoms with E-state index in [-0.39, 0.29) is 17.2 Å². The third kappa shape index (κ3) is 3.69. The van der Waals surface area contributed by atoms with Gasteiger partial charge in [-0.3, -0.25) is 4.79 Å². The van der Waals surface area contributed by atoms with Gasteiger partial charge in [-0.15, -0.1) is 0 Å². The van der Waals surface area contributed by atoms with Gasteiger partial charge in [-0.25, -0.2) is 0 Å². The summed E-state index contributed by atoms with van der Waals surface area (Å²) in [6, 6.07) is 2.69. The summed E-state index contributed by atoms with van der Waals surface area (Å²) in [6.45, 7) is 3.70. The van der Waals surface area contributed by atoms with Crippen molar-refractivity contribution in [3.63, 3.8) is 0 Å². The van der Waals surface area contributed by atoms with E-state index in [1.54, 1.807) is 13.8 Å². The molecule has 1 saturated heterocycles. The summed E-state index contributed by atoms with van der Waals surface area (Å²) in [7, 11) is 0. The number of ether oxygens (including phenoxy) is 2. The van der Waals surface area contributed by atoms with Gasteiger partial charge in [-0.05, 0) is 44.9 Å². The van der Waals surface area contributed by atoms with Gasteiger partial charge in [-0.1, -0.05) is 0 Å². The number of carbonyl (C=O) groups excluding carboxylic acids is 1. The summed E-state index contributed by atoms with van der Waals surface area (Å²) in [6.07, 6.45) is -8.00. The standard InChI is InChI=1S/C18H21F4NO4/c1-17(2)15(25)14(23-8-4-3-5-13(23)24)11-9-10(6-7-12(11)27-17)26-18(21,22)16(19)20/h6-7,9,14-16,25H,3-5,8H2,1-2H3. The van der Waals surface area contributed by atoms with Crippen molar-refractivity contribution >= 4 is 5.91 Å². The number of halogens is 4. The molecule has 0 radical (unpaired) electrons. The lowest BCUT2D eigenvalue weighted by Crippen LogP contribution is -2.55. The van der Waals surface area contributed by atoms with Crippen LogP contribution in [0.4, 0.5) is 17.6 Å². The molecular formula is C18H21F4NO4. The number of fused-ring (bicyclic) bond motifs is 1. The number of hydrogen-bond donors (Lipinski definition) is 1. The molecule has 0 bridgehead atoms. The monoisotopic (exact) mass is 391 g/mol. The highest BCUT2D eigenvalue weighted by Gasteiger charge is 2.48. The molecule has 1 N–H and O–H groups in total. The first-order valence-corrected chi connectivity index (χ1v) is 8.68. The number of hydrogen-bond acceptors (Lipinski definition) is 4. The maximum atomic E-state index is 13.3. The van der Waals surface area contributed by atoms with E-state index in [0.29, 0.717) is 13.0 Å².